The van der Waals surface area contributed by atoms with Gasteiger partial charge in [-0.05, 0) is 26.8 Å². The predicted octanol–water partition coefficient (Wildman–Crippen LogP) is 1.20. The van der Waals surface area contributed by atoms with Gasteiger partial charge in [-0.1, -0.05) is 6.07 Å². The highest BCUT2D eigenvalue weighted by Crippen LogP contribution is 2.31. The molecule has 1 aromatic rings. The average molecular weight is 297 g/mol. The highest BCUT2D eigenvalue weighted by molar-refractivity contribution is 5.75. The van der Waals surface area contributed by atoms with Crippen molar-refractivity contribution in [3.63, 3.8) is 0 Å². The number of ether oxygens (including phenoxy) is 1. The molecule has 0 aliphatic heterocycles. The second kappa shape index (κ2) is 7.85. The van der Waals surface area contributed by atoms with Gasteiger partial charge < -0.3 is 25.0 Å². The Bertz CT molecular complexity index is 473. The van der Waals surface area contributed by atoms with Gasteiger partial charge in [-0.25, -0.2) is 4.79 Å². The van der Waals surface area contributed by atoms with Gasteiger partial charge in [-0.15, -0.1) is 0 Å². The molecule has 3 N–H and O–H groups in total. The van der Waals surface area contributed by atoms with E-state index in [1.165, 1.54) is 12.1 Å². The van der Waals surface area contributed by atoms with E-state index >= 15 is 0 Å². The molecule has 0 aliphatic rings. The van der Waals surface area contributed by atoms with Crippen LogP contribution in [0.2, 0.25) is 0 Å². The number of hydrogen-bond donors (Lipinski definition) is 3. The molecule has 1 aromatic carbocycles. The van der Waals surface area contributed by atoms with Crippen molar-refractivity contribution >= 4 is 11.7 Å². The predicted molar refractivity (Wildman–Crippen MR) is 79.3 cm³/mol. The number of aliphatic hydroxyl groups is 2. The Morgan fingerprint density at radius 3 is 2.33 bits per heavy atom. The van der Waals surface area contributed by atoms with E-state index in [-0.39, 0.29) is 17.9 Å². The lowest BCUT2D eigenvalue weighted by molar-refractivity contribution is -0.159. The van der Waals surface area contributed by atoms with E-state index in [4.69, 9.17) is 0 Å². The van der Waals surface area contributed by atoms with Crippen molar-refractivity contribution < 1.29 is 24.9 Å². The summed E-state index contributed by atoms with van der Waals surface area (Å²) in [7, 11) is 0. The average Bonchev–Trinajstić information content (AvgIpc) is 2.47. The number of carbonyl (C=O) groups excluding carboxylic acids is 1. The van der Waals surface area contributed by atoms with Crippen LogP contribution in [-0.4, -0.2) is 47.1 Å². The monoisotopic (exact) mass is 297 g/mol. The second-order valence-corrected chi connectivity index (χ2v) is 4.56. The van der Waals surface area contributed by atoms with Crippen molar-refractivity contribution in [3.05, 3.63) is 23.8 Å². The third-order valence-electron chi connectivity index (χ3n) is 3.29. The molecule has 0 heterocycles. The number of carbonyl (C=O) groups is 1. The number of hydrogen-bond acceptors (Lipinski definition) is 6. The van der Waals surface area contributed by atoms with E-state index in [2.05, 4.69) is 4.74 Å². The minimum Gasteiger partial charge on any atom is -0.507 e. The molecule has 0 radical (unpaired) electrons. The van der Waals surface area contributed by atoms with Crippen LogP contribution in [0.15, 0.2) is 18.2 Å². The number of esters is 1. The zero-order chi connectivity index (χ0) is 16.0. The first-order valence-electron chi connectivity index (χ1n) is 7.06. The number of rotatable bonds is 7. The maximum Gasteiger partial charge on any atom is 0.338 e. The lowest BCUT2D eigenvalue weighted by Gasteiger charge is -2.23. The molecule has 0 fully saturated rings. The van der Waals surface area contributed by atoms with Gasteiger partial charge in [0.2, 0.25) is 0 Å². The molecule has 0 amide bonds. The molecule has 1 rings (SSSR count). The zero-order valence-electron chi connectivity index (χ0n) is 12.6. The lowest BCUT2D eigenvalue weighted by atomic mass is 10.0. The summed E-state index contributed by atoms with van der Waals surface area (Å²) in [6.07, 6.45) is -3.26. The Morgan fingerprint density at radius 2 is 1.86 bits per heavy atom. The van der Waals surface area contributed by atoms with Crippen LogP contribution >= 0.6 is 0 Å². The molecule has 6 nitrogen and oxygen atoms in total. The summed E-state index contributed by atoms with van der Waals surface area (Å²) in [5.41, 5.74) is 0.894. The van der Waals surface area contributed by atoms with Crippen molar-refractivity contribution in [3.8, 4) is 5.75 Å². The van der Waals surface area contributed by atoms with Gasteiger partial charge in [-0.2, -0.15) is 0 Å². The highest BCUT2D eigenvalue weighted by atomic mass is 16.5. The number of nitrogens with zero attached hydrogens (tertiary/aromatic N) is 1. The van der Waals surface area contributed by atoms with Crippen LogP contribution in [0.1, 0.15) is 32.4 Å². The van der Waals surface area contributed by atoms with Crippen LogP contribution in [0, 0.1) is 0 Å². The van der Waals surface area contributed by atoms with Gasteiger partial charge in [0.05, 0.1) is 6.61 Å². The van der Waals surface area contributed by atoms with E-state index in [1.807, 2.05) is 18.7 Å². The van der Waals surface area contributed by atoms with E-state index in [1.54, 1.807) is 13.0 Å². The van der Waals surface area contributed by atoms with Crippen LogP contribution in [0.3, 0.4) is 0 Å². The van der Waals surface area contributed by atoms with Gasteiger partial charge >= 0.3 is 5.97 Å². The van der Waals surface area contributed by atoms with Crippen LogP contribution in [-0.2, 0) is 9.53 Å². The second-order valence-electron chi connectivity index (χ2n) is 4.56. The SMILES string of the molecule is CCOC(=O)C(O)C(O)c1ccc(N(CC)CC)cc1O. The third kappa shape index (κ3) is 4.09. The maximum atomic E-state index is 11.4. The number of benzene rings is 1. The summed E-state index contributed by atoms with van der Waals surface area (Å²) in [6.45, 7) is 7.26. The molecule has 6 heteroatoms. The Morgan fingerprint density at radius 1 is 1.24 bits per heavy atom. The fraction of sp³-hybridized carbons (Fsp3) is 0.533. The van der Waals surface area contributed by atoms with Gasteiger partial charge in [-0.3, -0.25) is 0 Å². The molecule has 0 aromatic heterocycles. The molecule has 2 atom stereocenters. The summed E-state index contributed by atoms with van der Waals surface area (Å²) in [5.74, 6) is -1.09. The van der Waals surface area contributed by atoms with Crippen LogP contribution in [0.4, 0.5) is 5.69 Å². The molecular weight excluding hydrogens is 274 g/mol. The Balaban J connectivity index is 2.96. The van der Waals surface area contributed by atoms with E-state index < -0.39 is 18.2 Å². The minimum atomic E-state index is -1.73. The number of aliphatic hydroxyl groups excluding tert-OH is 2. The fourth-order valence-corrected chi connectivity index (χ4v) is 2.09. The molecule has 0 saturated carbocycles. The molecule has 0 bridgehead atoms. The maximum absolute atomic E-state index is 11.4. The summed E-state index contributed by atoms with van der Waals surface area (Å²) in [6, 6.07) is 4.72. The van der Waals surface area contributed by atoms with E-state index in [9.17, 15) is 20.1 Å². The molecule has 118 valence electrons. The number of aromatic hydroxyl groups is 1. The quantitative estimate of drug-likeness (QED) is 0.655. The number of phenols is 1. The third-order valence-corrected chi connectivity index (χ3v) is 3.29. The minimum absolute atomic E-state index is 0.0893. The molecule has 21 heavy (non-hydrogen) atoms. The highest BCUT2D eigenvalue weighted by Gasteiger charge is 2.29. The standard InChI is InChI=1S/C15H23NO5/c1-4-16(5-2)10-7-8-11(12(17)9-10)13(18)14(19)15(20)21-6-3/h7-9,13-14,17-19H,4-6H2,1-3H3. The van der Waals surface area contributed by atoms with Crippen LogP contribution < -0.4 is 4.90 Å². The first-order valence-corrected chi connectivity index (χ1v) is 7.06. The van der Waals surface area contributed by atoms with Crippen molar-refractivity contribution in [2.45, 2.75) is 33.0 Å². The Kier molecular flexibility index (Phi) is 6.45. The lowest BCUT2D eigenvalue weighted by Crippen LogP contribution is -2.30. The fourth-order valence-electron chi connectivity index (χ4n) is 2.09. The number of anilines is 1. The van der Waals surface area contributed by atoms with Crippen LogP contribution in [0.25, 0.3) is 0 Å². The van der Waals surface area contributed by atoms with Gasteiger partial charge in [0, 0.05) is 30.4 Å². The van der Waals surface area contributed by atoms with Crippen LogP contribution in [0.5, 0.6) is 5.75 Å². The summed E-state index contributed by atoms with van der Waals surface area (Å²) in [5, 5.41) is 29.7. The molecular formula is C15H23NO5. The molecule has 0 aliphatic carbocycles. The normalized spacial score (nSPS) is 13.6. The topological polar surface area (TPSA) is 90.2 Å². The number of phenolic OH excluding ortho intramolecular Hbond substituents is 1. The van der Waals surface area contributed by atoms with Crippen molar-refractivity contribution in [1.29, 1.82) is 0 Å². The zero-order valence-corrected chi connectivity index (χ0v) is 12.6. The van der Waals surface area contributed by atoms with E-state index in [0.717, 1.165) is 18.8 Å². The van der Waals surface area contributed by atoms with Gasteiger partial charge in [0.25, 0.3) is 0 Å². The Labute approximate surface area is 124 Å². The summed E-state index contributed by atoms with van der Waals surface area (Å²) in [4.78, 5) is 13.4. The van der Waals surface area contributed by atoms with Gasteiger partial charge in [0.15, 0.2) is 6.10 Å². The van der Waals surface area contributed by atoms with E-state index in [0.29, 0.717) is 0 Å². The largest absolute Gasteiger partial charge is 0.507 e. The molecule has 0 spiro atoms. The smallest absolute Gasteiger partial charge is 0.338 e. The van der Waals surface area contributed by atoms with Crippen molar-refractivity contribution in [1.82, 2.24) is 0 Å². The molecule has 2 unspecified atom stereocenters. The molecule has 0 saturated heterocycles. The first kappa shape index (κ1) is 17.3. The van der Waals surface area contributed by atoms with Gasteiger partial charge in [0.1, 0.15) is 11.9 Å². The summed E-state index contributed by atoms with van der Waals surface area (Å²) < 4.78 is 4.64. The van der Waals surface area contributed by atoms with Crippen molar-refractivity contribution in [2.75, 3.05) is 24.6 Å². The Hall–Kier alpha value is -1.79. The first-order chi connectivity index (χ1) is 9.96. The van der Waals surface area contributed by atoms with Crippen molar-refractivity contribution in [2.24, 2.45) is 0 Å². The summed E-state index contributed by atoms with van der Waals surface area (Å²) >= 11 is 0.